The molecule has 4 aromatic rings. The maximum atomic E-state index is 15.6. The molecular formula is C41H47FN6O6. The molecule has 13 heteroatoms. The maximum Gasteiger partial charge on any atom is 0.328 e. The molecule has 284 valence electrons. The lowest BCUT2D eigenvalue weighted by molar-refractivity contribution is -0.120. The minimum Gasteiger partial charge on any atom is -0.495 e. The van der Waals surface area contributed by atoms with Crippen molar-refractivity contribution in [3.05, 3.63) is 88.4 Å². The molecule has 0 unspecified atom stereocenters. The molecule has 0 saturated carbocycles. The van der Waals surface area contributed by atoms with Crippen molar-refractivity contribution in [3.8, 4) is 16.9 Å². The Morgan fingerprint density at radius 2 is 1.70 bits per heavy atom. The van der Waals surface area contributed by atoms with Crippen LogP contribution in [0.1, 0.15) is 67.8 Å². The number of rotatable bonds is 11. The molecule has 0 radical (unpaired) electrons. The van der Waals surface area contributed by atoms with E-state index in [1.807, 2.05) is 29.3 Å². The van der Waals surface area contributed by atoms with Crippen LogP contribution in [0.4, 0.5) is 14.9 Å². The first-order valence-corrected chi connectivity index (χ1v) is 18.9. The van der Waals surface area contributed by atoms with E-state index in [4.69, 9.17) is 9.47 Å². The molecule has 12 nitrogen and oxygen atoms in total. The summed E-state index contributed by atoms with van der Waals surface area (Å²) in [6.07, 6.45) is 10.4. The number of carbonyl (C=O) groups excluding carboxylic acids is 3. The van der Waals surface area contributed by atoms with Crippen LogP contribution in [-0.4, -0.2) is 89.2 Å². The molecule has 0 bridgehead atoms. The van der Waals surface area contributed by atoms with Gasteiger partial charge < -0.3 is 18.9 Å². The second kappa shape index (κ2) is 16.5. The summed E-state index contributed by atoms with van der Waals surface area (Å²) < 4.78 is 29.3. The molecule has 3 aliphatic heterocycles. The van der Waals surface area contributed by atoms with E-state index in [0.717, 1.165) is 68.1 Å². The van der Waals surface area contributed by atoms with Gasteiger partial charge >= 0.3 is 6.03 Å². The summed E-state index contributed by atoms with van der Waals surface area (Å²) in [6, 6.07) is 11.7. The standard InChI is InChI=1S/C41H47FN6O6/c1-3-4-16-47-26-34(32-9-15-43-24-33(32)40(47)51)27-5-6-29(35(42)22-27)25-45-17-10-30(11-18-45)54-31-12-19-46(20-13-31)39(50)28-7-8-37(53-2)36(23-28)48-21-14-38(49)44-41(48)52/h5-9,15,22-24,26,30-31H,3-4,10-14,16-21,25H2,1-2H3,(H,44,49,52). The van der Waals surface area contributed by atoms with Crippen molar-refractivity contribution in [1.29, 1.82) is 0 Å². The quantitative estimate of drug-likeness (QED) is 0.207. The molecule has 5 heterocycles. The van der Waals surface area contributed by atoms with Crippen LogP contribution in [0.5, 0.6) is 5.75 Å². The van der Waals surface area contributed by atoms with Gasteiger partial charge in [-0.25, -0.2) is 9.18 Å². The van der Waals surface area contributed by atoms with Crippen molar-refractivity contribution in [2.75, 3.05) is 44.7 Å². The second-order valence-corrected chi connectivity index (χ2v) is 14.4. The van der Waals surface area contributed by atoms with Crippen molar-refractivity contribution < 1.29 is 28.2 Å². The Balaban J connectivity index is 0.909. The number of urea groups is 1. The number of hydrogen-bond acceptors (Lipinski definition) is 8. The van der Waals surface area contributed by atoms with E-state index < -0.39 is 6.03 Å². The first kappa shape index (κ1) is 37.2. The lowest BCUT2D eigenvalue weighted by atomic mass is 9.99. The van der Waals surface area contributed by atoms with Gasteiger partial charge in [0.1, 0.15) is 11.6 Å². The molecule has 2 aromatic heterocycles. The van der Waals surface area contributed by atoms with Gasteiger partial charge in [-0.15, -0.1) is 0 Å². The van der Waals surface area contributed by atoms with Gasteiger partial charge in [-0.05, 0) is 73.4 Å². The Hall–Kier alpha value is -5.14. The van der Waals surface area contributed by atoms with E-state index in [1.54, 1.807) is 41.2 Å². The van der Waals surface area contributed by atoms with Gasteiger partial charge in [0.05, 0.1) is 30.4 Å². The fourth-order valence-electron chi connectivity index (χ4n) is 7.73. The summed E-state index contributed by atoms with van der Waals surface area (Å²) in [4.78, 5) is 60.4. The number of nitrogens with one attached hydrogen (secondary N) is 1. The number of hydrogen-bond donors (Lipinski definition) is 1. The van der Waals surface area contributed by atoms with Crippen LogP contribution in [0, 0.1) is 5.82 Å². The number of benzene rings is 2. The van der Waals surface area contributed by atoms with Crippen LogP contribution in [-0.2, 0) is 22.6 Å². The largest absolute Gasteiger partial charge is 0.495 e. The molecule has 54 heavy (non-hydrogen) atoms. The number of carbonyl (C=O) groups is 3. The van der Waals surface area contributed by atoms with Crippen molar-refractivity contribution in [3.63, 3.8) is 0 Å². The minimum absolute atomic E-state index is 0.0554. The average Bonchev–Trinajstić information content (AvgIpc) is 3.19. The lowest BCUT2D eigenvalue weighted by Gasteiger charge is -2.37. The number of pyridine rings is 2. The third-order valence-electron chi connectivity index (χ3n) is 10.8. The number of methoxy groups -OCH3 is 1. The fraction of sp³-hybridized carbons (Fsp3) is 0.439. The van der Waals surface area contributed by atoms with Crippen molar-refractivity contribution in [2.24, 2.45) is 0 Å². The number of nitrogens with zero attached hydrogens (tertiary/aromatic N) is 5. The molecule has 3 aliphatic rings. The average molecular weight is 739 g/mol. The first-order valence-electron chi connectivity index (χ1n) is 18.9. The predicted molar refractivity (Wildman–Crippen MR) is 203 cm³/mol. The van der Waals surface area contributed by atoms with Crippen LogP contribution in [0.25, 0.3) is 21.9 Å². The fourth-order valence-corrected chi connectivity index (χ4v) is 7.73. The van der Waals surface area contributed by atoms with E-state index in [1.165, 1.54) is 12.0 Å². The normalized spacial score (nSPS) is 17.6. The molecule has 0 aliphatic carbocycles. The number of fused-ring (bicyclic) bond motifs is 1. The minimum atomic E-state index is -0.536. The third kappa shape index (κ3) is 8.02. The summed E-state index contributed by atoms with van der Waals surface area (Å²) in [5, 5.41) is 3.62. The lowest BCUT2D eigenvalue weighted by Crippen LogP contribution is -2.49. The molecule has 3 fully saturated rings. The molecule has 3 saturated heterocycles. The van der Waals surface area contributed by atoms with Crippen LogP contribution < -0.4 is 20.5 Å². The Kier molecular flexibility index (Phi) is 11.3. The molecule has 0 atom stereocenters. The number of likely N-dealkylation sites (tertiary alicyclic amines) is 2. The van der Waals surface area contributed by atoms with E-state index in [-0.39, 0.29) is 48.4 Å². The Labute approximate surface area is 313 Å². The molecule has 2 aromatic carbocycles. The van der Waals surface area contributed by atoms with E-state index >= 15 is 4.39 Å². The first-order chi connectivity index (χ1) is 26.2. The number of unbranched alkanes of at least 4 members (excludes halogenated alkanes) is 1. The Bertz CT molecular complexity index is 2090. The Morgan fingerprint density at radius 3 is 2.41 bits per heavy atom. The molecule has 1 N–H and O–H groups in total. The van der Waals surface area contributed by atoms with Gasteiger partial charge in [0, 0.05) is 87.5 Å². The van der Waals surface area contributed by atoms with Crippen LogP contribution >= 0.6 is 0 Å². The highest BCUT2D eigenvalue weighted by Gasteiger charge is 2.31. The number of halogens is 1. The molecular weight excluding hydrogens is 691 g/mol. The predicted octanol–water partition coefficient (Wildman–Crippen LogP) is 5.74. The zero-order valence-electron chi connectivity index (χ0n) is 30.9. The van der Waals surface area contributed by atoms with E-state index in [9.17, 15) is 19.2 Å². The van der Waals surface area contributed by atoms with E-state index in [2.05, 4.69) is 22.1 Å². The Morgan fingerprint density at radius 1 is 0.944 bits per heavy atom. The zero-order chi connectivity index (χ0) is 37.8. The molecule has 7 rings (SSSR count). The number of piperidine rings is 2. The van der Waals surface area contributed by atoms with Crippen molar-refractivity contribution in [2.45, 2.75) is 77.2 Å². The number of ether oxygens (including phenoxy) is 2. The topological polar surface area (TPSA) is 126 Å². The van der Waals surface area contributed by atoms with Gasteiger partial charge in [-0.2, -0.15) is 0 Å². The molecule has 4 amide bonds. The van der Waals surface area contributed by atoms with E-state index in [0.29, 0.717) is 54.1 Å². The summed E-state index contributed by atoms with van der Waals surface area (Å²) in [5.41, 5.74) is 3.02. The highest BCUT2D eigenvalue weighted by Crippen LogP contribution is 2.32. The second-order valence-electron chi connectivity index (χ2n) is 14.4. The summed E-state index contributed by atoms with van der Waals surface area (Å²) in [7, 11) is 1.50. The van der Waals surface area contributed by atoms with Crippen LogP contribution in [0.2, 0.25) is 0 Å². The van der Waals surface area contributed by atoms with Gasteiger partial charge in [0.15, 0.2) is 0 Å². The number of anilines is 1. The van der Waals surface area contributed by atoms with Gasteiger partial charge in [-0.3, -0.25) is 34.5 Å². The number of amides is 4. The molecule has 0 spiro atoms. The van der Waals surface area contributed by atoms with Crippen molar-refractivity contribution in [1.82, 2.24) is 24.7 Å². The number of aromatic nitrogens is 2. The SMILES string of the molecule is CCCCn1cc(-c2ccc(CN3CCC(OC4CCN(C(=O)c5ccc(OC)c(N6CCC(=O)NC6=O)c5)CC4)CC3)c(F)c2)c2ccncc2c1=O. The van der Waals surface area contributed by atoms with Gasteiger partial charge in [0.25, 0.3) is 11.5 Å². The zero-order valence-corrected chi connectivity index (χ0v) is 30.9. The number of imide groups is 1. The monoisotopic (exact) mass is 738 g/mol. The van der Waals surface area contributed by atoms with Crippen molar-refractivity contribution >= 4 is 34.3 Å². The summed E-state index contributed by atoms with van der Waals surface area (Å²) in [5.74, 6) is -0.270. The third-order valence-corrected chi connectivity index (χ3v) is 10.8. The highest BCUT2D eigenvalue weighted by molar-refractivity contribution is 6.07. The number of aryl methyl sites for hydroxylation is 1. The summed E-state index contributed by atoms with van der Waals surface area (Å²) in [6.45, 7) is 6.12. The van der Waals surface area contributed by atoms with Crippen LogP contribution in [0.3, 0.4) is 0 Å². The van der Waals surface area contributed by atoms with Gasteiger partial charge in [-0.1, -0.05) is 25.5 Å². The maximum absolute atomic E-state index is 15.6. The highest BCUT2D eigenvalue weighted by atomic mass is 19.1. The van der Waals surface area contributed by atoms with Gasteiger partial charge in [0.2, 0.25) is 5.91 Å². The summed E-state index contributed by atoms with van der Waals surface area (Å²) >= 11 is 0. The van der Waals surface area contributed by atoms with Crippen LogP contribution in [0.15, 0.2) is 65.8 Å². The smallest absolute Gasteiger partial charge is 0.328 e.